The molecule has 0 bridgehead atoms. The Kier molecular flexibility index (Phi) is 5.13. The molecule has 1 saturated heterocycles. The van der Waals surface area contributed by atoms with Crippen molar-refractivity contribution < 1.29 is 4.90 Å². The summed E-state index contributed by atoms with van der Waals surface area (Å²) < 4.78 is 4.84. The number of aromatic nitrogens is 3. The van der Waals surface area contributed by atoms with Gasteiger partial charge in [0, 0.05) is 5.38 Å². The second kappa shape index (κ2) is 7.91. The normalized spacial score (nSPS) is 15.3. The Hall–Kier alpha value is -2.19. The predicted molar refractivity (Wildman–Crippen MR) is 122 cm³/mol. The summed E-state index contributed by atoms with van der Waals surface area (Å²) in [6, 6.07) is 18.4. The van der Waals surface area contributed by atoms with Crippen LogP contribution in [-0.4, -0.2) is 40.4 Å². The van der Waals surface area contributed by atoms with E-state index in [1.54, 1.807) is 11.3 Å². The van der Waals surface area contributed by atoms with E-state index in [-0.39, 0.29) is 0 Å². The lowest BCUT2D eigenvalue weighted by Gasteiger charge is -2.33. The summed E-state index contributed by atoms with van der Waals surface area (Å²) in [5, 5.41) is 7.73. The first-order valence-electron chi connectivity index (χ1n) is 9.66. The van der Waals surface area contributed by atoms with Crippen LogP contribution in [0.5, 0.6) is 0 Å². The molecule has 0 unspecified atom stereocenters. The number of hydrogen-bond donors (Lipinski definition) is 1. The molecule has 148 valence electrons. The van der Waals surface area contributed by atoms with Crippen molar-refractivity contribution in [3.05, 3.63) is 69.8 Å². The second-order valence-electron chi connectivity index (χ2n) is 7.23. The van der Waals surface area contributed by atoms with E-state index in [1.165, 1.54) is 4.90 Å². The molecule has 1 N–H and O–H groups in total. The number of rotatable bonds is 4. The van der Waals surface area contributed by atoms with Crippen LogP contribution < -0.4 is 9.80 Å². The van der Waals surface area contributed by atoms with Crippen molar-refractivity contribution in [3.63, 3.8) is 0 Å². The van der Waals surface area contributed by atoms with E-state index in [0.717, 1.165) is 64.5 Å². The maximum absolute atomic E-state index is 6.36. The number of nitrogens with zero attached hydrogens (tertiary/aromatic N) is 4. The van der Waals surface area contributed by atoms with Crippen LogP contribution in [0.2, 0.25) is 5.02 Å². The SMILES string of the molecule is S=c1n(C[NH+]2CCN(c3ccccc3Cl)CC2)nc2scc(-c3ccccc3)n12. The first-order chi connectivity index (χ1) is 14.2. The number of benzene rings is 2. The summed E-state index contributed by atoms with van der Waals surface area (Å²) in [5.74, 6) is 0. The highest BCUT2D eigenvalue weighted by Gasteiger charge is 2.23. The lowest BCUT2D eigenvalue weighted by molar-refractivity contribution is -0.924. The molecular weight excluding hydrogens is 422 g/mol. The Morgan fingerprint density at radius 3 is 2.52 bits per heavy atom. The Morgan fingerprint density at radius 1 is 1.03 bits per heavy atom. The highest BCUT2D eigenvalue weighted by molar-refractivity contribution is 7.71. The molecular formula is C21H21ClN5S2+. The lowest BCUT2D eigenvalue weighted by atomic mass is 10.2. The maximum Gasteiger partial charge on any atom is 0.215 e. The fraction of sp³-hybridized carbons (Fsp3) is 0.238. The average molecular weight is 443 g/mol. The third kappa shape index (κ3) is 3.59. The van der Waals surface area contributed by atoms with Crippen LogP contribution in [0.4, 0.5) is 5.69 Å². The Labute approximate surface area is 183 Å². The van der Waals surface area contributed by atoms with Crippen molar-refractivity contribution in [2.24, 2.45) is 0 Å². The van der Waals surface area contributed by atoms with Gasteiger partial charge in [-0.15, -0.1) is 16.4 Å². The summed E-state index contributed by atoms with van der Waals surface area (Å²) in [7, 11) is 0. The van der Waals surface area contributed by atoms with Crippen molar-refractivity contribution in [3.8, 4) is 11.3 Å². The van der Waals surface area contributed by atoms with Gasteiger partial charge >= 0.3 is 0 Å². The Morgan fingerprint density at radius 2 is 1.76 bits per heavy atom. The number of nitrogens with one attached hydrogen (secondary N) is 1. The molecule has 3 heterocycles. The fourth-order valence-electron chi connectivity index (χ4n) is 3.88. The highest BCUT2D eigenvalue weighted by Crippen LogP contribution is 2.26. The van der Waals surface area contributed by atoms with Gasteiger partial charge in [0.25, 0.3) is 0 Å². The Balaban J connectivity index is 1.33. The first kappa shape index (κ1) is 18.8. The zero-order valence-electron chi connectivity index (χ0n) is 15.8. The zero-order valence-corrected chi connectivity index (χ0v) is 18.2. The topological polar surface area (TPSA) is 29.9 Å². The van der Waals surface area contributed by atoms with E-state index in [9.17, 15) is 0 Å². The minimum Gasteiger partial charge on any atom is -0.359 e. The van der Waals surface area contributed by atoms with Crippen LogP contribution >= 0.6 is 35.2 Å². The van der Waals surface area contributed by atoms with E-state index < -0.39 is 0 Å². The van der Waals surface area contributed by atoms with Gasteiger partial charge in [0.05, 0.1) is 42.6 Å². The number of piperazine rings is 1. The quantitative estimate of drug-likeness (QED) is 0.490. The number of fused-ring (bicyclic) bond motifs is 1. The number of quaternary nitrogens is 1. The molecule has 0 spiro atoms. The summed E-state index contributed by atoms with van der Waals surface area (Å²) in [6.45, 7) is 4.80. The third-order valence-corrected chi connectivity index (χ3v) is 6.96. The number of halogens is 1. The molecule has 4 aromatic rings. The first-order valence-corrected chi connectivity index (χ1v) is 11.3. The monoisotopic (exact) mass is 442 g/mol. The van der Waals surface area contributed by atoms with Crippen molar-refractivity contribution in [1.29, 1.82) is 0 Å². The maximum atomic E-state index is 6.36. The number of para-hydroxylation sites is 1. The van der Waals surface area contributed by atoms with Crippen molar-refractivity contribution in [2.75, 3.05) is 31.1 Å². The molecule has 0 amide bonds. The zero-order chi connectivity index (χ0) is 19.8. The molecule has 5 nitrogen and oxygen atoms in total. The summed E-state index contributed by atoms with van der Waals surface area (Å²) in [4.78, 5) is 4.80. The fourth-order valence-corrected chi connectivity index (χ4v) is 5.38. The molecule has 8 heteroatoms. The molecule has 1 aliphatic heterocycles. The highest BCUT2D eigenvalue weighted by atomic mass is 35.5. The minimum absolute atomic E-state index is 0.765. The summed E-state index contributed by atoms with van der Waals surface area (Å²) >= 11 is 13.8. The summed E-state index contributed by atoms with van der Waals surface area (Å²) in [5.41, 5.74) is 3.40. The molecule has 1 fully saturated rings. The van der Waals surface area contributed by atoms with Crippen LogP contribution in [0.3, 0.4) is 0 Å². The second-order valence-corrected chi connectivity index (χ2v) is 8.84. The minimum atomic E-state index is 0.765. The molecule has 0 aliphatic carbocycles. The third-order valence-electron chi connectivity index (χ3n) is 5.43. The molecule has 2 aromatic heterocycles. The van der Waals surface area contributed by atoms with Crippen molar-refractivity contribution in [1.82, 2.24) is 14.2 Å². The van der Waals surface area contributed by atoms with Gasteiger partial charge < -0.3 is 9.80 Å². The average Bonchev–Trinajstić information content (AvgIpc) is 3.30. The van der Waals surface area contributed by atoms with Gasteiger partial charge in [-0.05, 0) is 29.9 Å². The van der Waals surface area contributed by atoms with Crippen LogP contribution in [-0.2, 0) is 6.67 Å². The molecule has 5 rings (SSSR count). The van der Waals surface area contributed by atoms with Gasteiger partial charge in [0.15, 0.2) is 6.67 Å². The molecule has 0 atom stereocenters. The number of thiazole rings is 1. The van der Waals surface area contributed by atoms with Gasteiger partial charge in [-0.1, -0.05) is 54.1 Å². The van der Waals surface area contributed by atoms with E-state index in [1.807, 2.05) is 28.9 Å². The molecule has 0 radical (unpaired) electrons. The summed E-state index contributed by atoms with van der Waals surface area (Å²) in [6.07, 6.45) is 0. The standard InChI is InChI=1S/C21H20ClN5S2/c22-17-8-4-5-9-18(17)25-12-10-24(11-13-25)15-26-21(28)27-19(14-29-20(27)23-26)16-6-2-1-3-7-16/h1-9,14H,10-13,15H2/p+1. The van der Waals surface area contributed by atoms with Gasteiger partial charge in [0.1, 0.15) is 0 Å². The van der Waals surface area contributed by atoms with E-state index >= 15 is 0 Å². The van der Waals surface area contributed by atoms with E-state index in [2.05, 4.69) is 45.0 Å². The number of anilines is 1. The van der Waals surface area contributed by atoms with Gasteiger partial charge in [-0.2, -0.15) is 4.68 Å². The van der Waals surface area contributed by atoms with Crippen molar-refractivity contribution in [2.45, 2.75) is 6.67 Å². The number of hydrogen-bond acceptors (Lipinski definition) is 4. The van der Waals surface area contributed by atoms with E-state index in [0.29, 0.717) is 0 Å². The van der Waals surface area contributed by atoms with Gasteiger partial charge in [-0.3, -0.25) is 4.40 Å². The van der Waals surface area contributed by atoms with Crippen LogP contribution in [0.1, 0.15) is 0 Å². The molecule has 2 aromatic carbocycles. The van der Waals surface area contributed by atoms with E-state index in [4.69, 9.17) is 28.9 Å². The van der Waals surface area contributed by atoms with Crippen LogP contribution in [0, 0.1) is 4.77 Å². The van der Waals surface area contributed by atoms with Crippen molar-refractivity contribution >= 4 is 45.8 Å². The van der Waals surface area contributed by atoms with Crippen LogP contribution in [0.25, 0.3) is 16.2 Å². The smallest absolute Gasteiger partial charge is 0.215 e. The predicted octanol–water partition coefficient (Wildman–Crippen LogP) is 3.61. The molecule has 1 aliphatic rings. The van der Waals surface area contributed by atoms with Crippen LogP contribution in [0.15, 0.2) is 60.0 Å². The Bertz CT molecular complexity index is 1190. The molecule has 0 saturated carbocycles. The lowest BCUT2D eigenvalue weighted by Crippen LogP contribution is -3.14. The molecule has 29 heavy (non-hydrogen) atoms. The largest absolute Gasteiger partial charge is 0.359 e. The van der Waals surface area contributed by atoms with Gasteiger partial charge in [-0.25, -0.2) is 0 Å². The van der Waals surface area contributed by atoms with Gasteiger partial charge in [0.2, 0.25) is 9.73 Å².